The molecule has 112 valence electrons. The second-order valence-electron chi connectivity index (χ2n) is 4.85. The van der Waals surface area contributed by atoms with Crippen molar-refractivity contribution >= 4 is 41.7 Å². The molecule has 0 saturated carbocycles. The van der Waals surface area contributed by atoms with E-state index in [-0.39, 0.29) is 5.25 Å². The van der Waals surface area contributed by atoms with Gasteiger partial charge in [0.25, 0.3) is 0 Å². The Labute approximate surface area is 136 Å². The van der Waals surface area contributed by atoms with E-state index in [1.165, 1.54) is 0 Å². The van der Waals surface area contributed by atoms with E-state index in [9.17, 15) is 8.42 Å². The van der Waals surface area contributed by atoms with Crippen LogP contribution in [0.2, 0.25) is 0 Å². The van der Waals surface area contributed by atoms with E-state index < -0.39 is 9.84 Å². The van der Waals surface area contributed by atoms with Gasteiger partial charge in [0.2, 0.25) is 0 Å². The molecule has 1 aromatic rings. The first-order chi connectivity index (χ1) is 9.44. The van der Waals surface area contributed by atoms with Crippen LogP contribution in [0.3, 0.4) is 0 Å². The van der Waals surface area contributed by atoms with Crippen molar-refractivity contribution in [2.75, 3.05) is 19.4 Å². The highest BCUT2D eigenvalue weighted by Gasteiger charge is 2.30. The molecule has 0 amide bonds. The molecule has 1 unspecified atom stereocenters. The minimum Gasteiger partial charge on any atom is -0.494 e. The van der Waals surface area contributed by atoms with Gasteiger partial charge in [0.15, 0.2) is 9.84 Å². The van der Waals surface area contributed by atoms with Gasteiger partial charge in [-0.1, -0.05) is 0 Å². The fourth-order valence-corrected chi connectivity index (χ4v) is 5.78. The standard InChI is InChI=1S/C13H17Br2NO3S/c1-19-13-11(14)5-9(6-12(13)15)7-16-8-10-3-2-4-20(10,17)18/h5-6,10,16H,2-4,7-8H2,1H3. The maximum absolute atomic E-state index is 11.7. The van der Waals surface area contributed by atoms with E-state index >= 15 is 0 Å². The number of halogens is 2. The van der Waals surface area contributed by atoms with Crippen LogP contribution in [0.15, 0.2) is 21.1 Å². The summed E-state index contributed by atoms with van der Waals surface area (Å²) in [7, 11) is -1.25. The predicted octanol–water partition coefficient (Wildman–Crippen LogP) is 2.89. The molecule has 0 bridgehead atoms. The molecular formula is C13H17Br2NO3S. The van der Waals surface area contributed by atoms with Gasteiger partial charge >= 0.3 is 0 Å². The molecule has 1 N–H and O–H groups in total. The monoisotopic (exact) mass is 425 g/mol. The largest absolute Gasteiger partial charge is 0.494 e. The van der Waals surface area contributed by atoms with Crippen molar-refractivity contribution in [2.24, 2.45) is 0 Å². The number of nitrogens with one attached hydrogen (secondary N) is 1. The van der Waals surface area contributed by atoms with Crippen molar-refractivity contribution in [1.82, 2.24) is 5.32 Å². The number of methoxy groups -OCH3 is 1. The molecule has 1 aliphatic heterocycles. The average molecular weight is 427 g/mol. The van der Waals surface area contributed by atoms with Crippen molar-refractivity contribution < 1.29 is 13.2 Å². The lowest BCUT2D eigenvalue weighted by atomic mass is 10.2. The molecule has 0 radical (unpaired) electrons. The lowest BCUT2D eigenvalue weighted by Crippen LogP contribution is -2.30. The lowest BCUT2D eigenvalue weighted by molar-refractivity contribution is 0.409. The van der Waals surface area contributed by atoms with Crippen LogP contribution in [0.5, 0.6) is 5.75 Å². The third-order valence-electron chi connectivity index (χ3n) is 3.43. The van der Waals surface area contributed by atoms with Crippen molar-refractivity contribution in [3.8, 4) is 5.75 Å². The van der Waals surface area contributed by atoms with Gasteiger partial charge in [0, 0.05) is 13.1 Å². The molecule has 1 atom stereocenters. The molecule has 1 heterocycles. The number of hydrogen-bond acceptors (Lipinski definition) is 4. The van der Waals surface area contributed by atoms with Crippen molar-refractivity contribution in [3.63, 3.8) is 0 Å². The van der Waals surface area contributed by atoms with E-state index in [0.29, 0.717) is 18.8 Å². The highest BCUT2D eigenvalue weighted by molar-refractivity contribution is 9.11. The first kappa shape index (κ1) is 16.3. The molecule has 0 spiro atoms. The third kappa shape index (κ3) is 3.75. The van der Waals surface area contributed by atoms with Gasteiger partial charge in [-0.05, 0) is 62.4 Å². The number of hydrogen-bond donors (Lipinski definition) is 1. The van der Waals surface area contributed by atoms with Gasteiger partial charge < -0.3 is 10.1 Å². The van der Waals surface area contributed by atoms with Crippen LogP contribution in [0, 0.1) is 0 Å². The first-order valence-electron chi connectivity index (χ1n) is 6.38. The van der Waals surface area contributed by atoms with Crippen LogP contribution >= 0.6 is 31.9 Å². The number of benzene rings is 1. The molecule has 7 heteroatoms. The van der Waals surface area contributed by atoms with Crippen LogP contribution in [0.25, 0.3) is 0 Å². The minimum atomic E-state index is -2.87. The fourth-order valence-electron chi connectivity index (χ4n) is 2.37. The summed E-state index contributed by atoms with van der Waals surface area (Å²) in [5, 5.41) is 3.00. The Bertz CT molecular complexity index is 566. The molecule has 1 saturated heterocycles. The molecule has 2 rings (SSSR count). The van der Waals surface area contributed by atoms with Crippen LogP contribution < -0.4 is 10.1 Å². The molecule has 0 aliphatic carbocycles. The third-order valence-corrected chi connectivity index (χ3v) is 6.88. The summed E-state index contributed by atoms with van der Waals surface area (Å²) in [6, 6.07) is 3.94. The van der Waals surface area contributed by atoms with E-state index in [4.69, 9.17) is 4.74 Å². The van der Waals surface area contributed by atoms with E-state index in [1.807, 2.05) is 12.1 Å². The smallest absolute Gasteiger partial charge is 0.154 e. The second kappa shape index (κ2) is 6.77. The SMILES string of the molecule is COc1c(Br)cc(CNCC2CCCS2(=O)=O)cc1Br. The van der Waals surface area contributed by atoms with Crippen LogP contribution in [-0.4, -0.2) is 33.1 Å². The molecule has 1 aliphatic rings. The van der Waals surface area contributed by atoms with Gasteiger partial charge in [0.1, 0.15) is 5.75 Å². The summed E-state index contributed by atoms with van der Waals surface area (Å²) < 4.78 is 30.4. The minimum absolute atomic E-state index is 0.229. The zero-order valence-electron chi connectivity index (χ0n) is 11.2. The molecule has 1 aromatic carbocycles. The second-order valence-corrected chi connectivity index (χ2v) is 8.96. The average Bonchev–Trinajstić information content (AvgIpc) is 2.68. The zero-order valence-corrected chi connectivity index (χ0v) is 15.1. The number of ether oxygens (including phenoxy) is 1. The maximum atomic E-state index is 11.7. The van der Waals surface area contributed by atoms with Crippen molar-refractivity contribution in [1.29, 1.82) is 0 Å². The summed E-state index contributed by atoms with van der Waals surface area (Å²) in [5.74, 6) is 1.09. The predicted molar refractivity (Wildman–Crippen MR) is 86.9 cm³/mol. The van der Waals surface area contributed by atoms with Gasteiger partial charge in [0.05, 0.1) is 27.1 Å². The summed E-state index contributed by atoms with van der Waals surface area (Å²) in [6.45, 7) is 1.15. The molecule has 4 nitrogen and oxygen atoms in total. The van der Waals surface area contributed by atoms with Crippen LogP contribution in [0.1, 0.15) is 18.4 Å². The Balaban J connectivity index is 1.95. The Hall–Kier alpha value is -0.110. The Morgan fingerprint density at radius 1 is 1.35 bits per heavy atom. The Morgan fingerprint density at radius 2 is 2.00 bits per heavy atom. The number of rotatable bonds is 5. The van der Waals surface area contributed by atoms with E-state index in [0.717, 1.165) is 33.1 Å². The maximum Gasteiger partial charge on any atom is 0.154 e. The van der Waals surface area contributed by atoms with E-state index in [2.05, 4.69) is 37.2 Å². The number of sulfone groups is 1. The van der Waals surface area contributed by atoms with E-state index in [1.54, 1.807) is 7.11 Å². The quantitative estimate of drug-likeness (QED) is 0.786. The summed E-state index contributed by atoms with van der Waals surface area (Å²) in [5.41, 5.74) is 1.07. The van der Waals surface area contributed by atoms with Crippen molar-refractivity contribution in [2.45, 2.75) is 24.6 Å². The highest BCUT2D eigenvalue weighted by Crippen LogP contribution is 2.34. The topological polar surface area (TPSA) is 55.4 Å². The summed E-state index contributed by atoms with van der Waals surface area (Å²) in [6.07, 6.45) is 1.56. The lowest BCUT2D eigenvalue weighted by Gasteiger charge is -2.12. The molecule has 1 fully saturated rings. The Kier molecular flexibility index (Phi) is 5.50. The van der Waals surface area contributed by atoms with Crippen LogP contribution in [-0.2, 0) is 16.4 Å². The fraction of sp³-hybridized carbons (Fsp3) is 0.538. The summed E-state index contributed by atoms with van der Waals surface area (Å²) in [4.78, 5) is 0. The Morgan fingerprint density at radius 3 is 2.50 bits per heavy atom. The first-order valence-corrected chi connectivity index (χ1v) is 9.68. The molecule has 20 heavy (non-hydrogen) atoms. The molecular weight excluding hydrogens is 410 g/mol. The van der Waals surface area contributed by atoms with Gasteiger partial charge in [-0.15, -0.1) is 0 Å². The van der Waals surface area contributed by atoms with Crippen molar-refractivity contribution in [3.05, 3.63) is 26.6 Å². The zero-order chi connectivity index (χ0) is 14.8. The summed E-state index contributed by atoms with van der Waals surface area (Å²) >= 11 is 6.91. The van der Waals surface area contributed by atoms with Crippen LogP contribution in [0.4, 0.5) is 0 Å². The molecule has 0 aromatic heterocycles. The normalized spacial score (nSPS) is 21.1. The highest BCUT2D eigenvalue weighted by atomic mass is 79.9. The van der Waals surface area contributed by atoms with Gasteiger partial charge in [-0.25, -0.2) is 8.42 Å². The van der Waals surface area contributed by atoms with Gasteiger partial charge in [-0.3, -0.25) is 0 Å². The van der Waals surface area contributed by atoms with Gasteiger partial charge in [-0.2, -0.15) is 0 Å².